The van der Waals surface area contributed by atoms with Gasteiger partial charge in [0.15, 0.2) is 15.8 Å². The predicted octanol–water partition coefficient (Wildman–Crippen LogP) is 2.95. The molecule has 2 aromatic rings. The first-order valence-electron chi connectivity index (χ1n) is 8.22. The molecule has 1 aromatic heterocycles. The van der Waals surface area contributed by atoms with Crippen LogP contribution in [0.1, 0.15) is 11.3 Å². The predicted molar refractivity (Wildman–Crippen MR) is 122 cm³/mol. The maximum Gasteiger partial charge on any atom is 0.193 e. The number of hydrogen-bond acceptors (Lipinski definition) is 3. The lowest BCUT2D eigenvalue weighted by molar-refractivity contribution is 0.462. The molecule has 1 aromatic carbocycles. The highest BCUT2D eigenvalue weighted by Crippen LogP contribution is 2.14. The number of aliphatic imine (C=N–C) groups is 1. The molecule has 1 N–H and O–H groups in total. The van der Waals surface area contributed by atoms with Crippen LogP contribution in [0.3, 0.4) is 0 Å². The van der Waals surface area contributed by atoms with E-state index in [0.717, 1.165) is 28.7 Å². The van der Waals surface area contributed by atoms with Gasteiger partial charge in [0, 0.05) is 45.8 Å². The smallest absolute Gasteiger partial charge is 0.193 e. The molecule has 6 nitrogen and oxygen atoms in total. The summed E-state index contributed by atoms with van der Waals surface area (Å²) >= 11 is 6.03. The first kappa shape index (κ1) is 23.8. The van der Waals surface area contributed by atoms with Crippen LogP contribution >= 0.6 is 35.6 Å². The number of benzene rings is 1. The lowest BCUT2D eigenvalue weighted by Gasteiger charge is -2.22. The SMILES string of the molecule is CN=C(NCCc1ccc(S(C)(=O)=O)cc1)N(C)Cc1cc(Cl)cn1C.I. The molecule has 27 heavy (non-hydrogen) atoms. The molecule has 0 amide bonds. The van der Waals surface area contributed by atoms with Crippen molar-refractivity contribution in [3.63, 3.8) is 0 Å². The fourth-order valence-electron chi connectivity index (χ4n) is 2.65. The van der Waals surface area contributed by atoms with Crippen molar-refractivity contribution < 1.29 is 8.42 Å². The van der Waals surface area contributed by atoms with Crippen LogP contribution in [0.2, 0.25) is 5.02 Å². The molecule has 0 bridgehead atoms. The maximum absolute atomic E-state index is 11.5. The lowest BCUT2D eigenvalue weighted by Crippen LogP contribution is -2.39. The van der Waals surface area contributed by atoms with E-state index in [1.54, 1.807) is 19.2 Å². The van der Waals surface area contributed by atoms with Crippen molar-refractivity contribution in [1.82, 2.24) is 14.8 Å². The van der Waals surface area contributed by atoms with Crippen molar-refractivity contribution in [3.05, 3.63) is 52.8 Å². The van der Waals surface area contributed by atoms with Gasteiger partial charge in [-0.05, 0) is 30.2 Å². The van der Waals surface area contributed by atoms with E-state index in [4.69, 9.17) is 11.6 Å². The second-order valence-corrected chi connectivity index (χ2v) is 8.71. The minimum Gasteiger partial charge on any atom is -0.356 e. The highest BCUT2D eigenvalue weighted by atomic mass is 127. The van der Waals surface area contributed by atoms with Crippen LogP contribution in [0.25, 0.3) is 0 Å². The van der Waals surface area contributed by atoms with E-state index in [9.17, 15) is 8.42 Å². The third kappa shape index (κ3) is 7.00. The second kappa shape index (κ2) is 10.3. The molecule has 150 valence electrons. The van der Waals surface area contributed by atoms with Crippen LogP contribution in [0.4, 0.5) is 0 Å². The molecular weight excluding hydrogens is 499 g/mol. The molecule has 0 saturated heterocycles. The van der Waals surface area contributed by atoms with Crippen molar-refractivity contribution in [3.8, 4) is 0 Å². The number of nitrogens with zero attached hydrogens (tertiary/aromatic N) is 3. The van der Waals surface area contributed by atoms with Crippen molar-refractivity contribution in [2.24, 2.45) is 12.0 Å². The molecule has 0 aliphatic rings. The molecule has 2 rings (SSSR count). The zero-order chi connectivity index (χ0) is 19.3. The summed E-state index contributed by atoms with van der Waals surface area (Å²) in [4.78, 5) is 6.67. The quantitative estimate of drug-likeness (QED) is 0.358. The molecule has 0 aliphatic carbocycles. The van der Waals surface area contributed by atoms with Gasteiger partial charge in [-0.3, -0.25) is 4.99 Å². The minimum absolute atomic E-state index is 0. The average Bonchev–Trinajstić information content (AvgIpc) is 2.88. The van der Waals surface area contributed by atoms with Gasteiger partial charge in [-0.2, -0.15) is 0 Å². The van der Waals surface area contributed by atoms with Gasteiger partial charge in [0.25, 0.3) is 0 Å². The Morgan fingerprint density at radius 3 is 2.41 bits per heavy atom. The number of halogens is 2. The lowest BCUT2D eigenvalue weighted by atomic mass is 10.1. The van der Waals surface area contributed by atoms with Gasteiger partial charge >= 0.3 is 0 Å². The Morgan fingerprint density at radius 2 is 1.93 bits per heavy atom. The summed E-state index contributed by atoms with van der Waals surface area (Å²) < 4.78 is 25.0. The van der Waals surface area contributed by atoms with E-state index in [-0.39, 0.29) is 24.0 Å². The summed E-state index contributed by atoms with van der Waals surface area (Å²) in [5.41, 5.74) is 2.16. The fourth-order valence-corrected chi connectivity index (χ4v) is 3.55. The van der Waals surface area contributed by atoms with Gasteiger partial charge < -0.3 is 14.8 Å². The Balaban J connectivity index is 0.00000364. The zero-order valence-corrected chi connectivity index (χ0v) is 19.8. The minimum atomic E-state index is -3.15. The van der Waals surface area contributed by atoms with Crippen LogP contribution in [-0.4, -0.2) is 50.7 Å². The summed E-state index contributed by atoms with van der Waals surface area (Å²) in [5, 5.41) is 4.04. The summed E-state index contributed by atoms with van der Waals surface area (Å²) in [5.74, 6) is 0.787. The van der Waals surface area contributed by atoms with Gasteiger partial charge in [-0.15, -0.1) is 24.0 Å². The molecule has 0 radical (unpaired) electrons. The Kier molecular flexibility index (Phi) is 9.10. The molecule has 0 saturated carbocycles. The summed E-state index contributed by atoms with van der Waals surface area (Å²) in [6.45, 7) is 1.38. The van der Waals surface area contributed by atoms with Crippen molar-refractivity contribution >= 4 is 51.4 Å². The van der Waals surface area contributed by atoms with E-state index in [2.05, 4.69) is 10.3 Å². The molecule has 0 atom stereocenters. The Morgan fingerprint density at radius 1 is 1.30 bits per heavy atom. The number of sulfone groups is 1. The average molecular weight is 525 g/mol. The third-order valence-corrected chi connectivity index (χ3v) is 5.43. The van der Waals surface area contributed by atoms with E-state index in [1.165, 1.54) is 6.26 Å². The van der Waals surface area contributed by atoms with Gasteiger partial charge in [-0.25, -0.2) is 8.42 Å². The van der Waals surface area contributed by atoms with Crippen LogP contribution in [0, 0.1) is 0 Å². The highest BCUT2D eigenvalue weighted by molar-refractivity contribution is 14.0. The third-order valence-electron chi connectivity index (χ3n) is 4.10. The van der Waals surface area contributed by atoms with E-state index in [1.807, 2.05) is 48.0 Å². The van der Waals surface area contributed by atoms with Gasteiger partial charge in [0.1, 0.15) is 0 Å². The van der Waals surface area contributed by atoms with Crippen molar-refractivity contribution in [2.75, 3.05) is 26.9 Å². The highest BCUT2D eigenvalue weighted by Gasteiger charge is 2.10. The van der Waals surface area contributed by atoms with Crippen LogP contribution in [0.15, 0.2) is 46.4 Å². The largest absolute Gasteiger partial charge is 0.356 e. The van der Waals surface area contributed by atoms with Crippen molar-refractivity contribution in [1.29, 1.82) is 0 Å². The summed E-state index contributed by atoms with van der Waals surface area (Å²) in [7, 11) is 2.53. The zero-order valence-electron chi connectivity index (χ0n) is 15.9. The van der Waals surface area contributed by atoms with E-state index >= 15 is 0 Å². The molecule has 0 spiro atoms. The van der Waals surface area contributed by atoms with E-state index in [0.29, 0.717) is 18.0 Å². The van der Waals surface area contributed by atoms with Gasteiger partial charge in [0.2, 0.25) is 0 Å². The van der Waals surface area contributed by atoms with Crippen LogP contribution in [-0.2, 0) is 29.9 Å². The molecule has 0 aliphatic heterocycles. The second-order valence-electron chi connectivity index (χ2n) is 6.26. The standard InChI is InChI=1S/C18H25ClN4O2S.HI/c1-20-18(23(3)13-16-11-15(19)12-22(16)2)21-10-9-14-5-7-17(8-6-14)26(4,24)25;/h5-8,11-12H,9-10,13H2,1-4H3,(H,20,21);1H. The molecule has 0 fully saturated rings. The number of aromatic nitrogens is 1. The fraction of sp³-hybridized carbons (Fsp3) is 0.389. The van der Waals surface area contributed by atoms with Crippen LogP contribution < -0.4 is 5.32 Å². The summed E-state index contributed by atoms with van der Waals surface area (Å²) in [6.07, 6.45) is 3.86. The van der Waals surface area contributed by atoms with Crippen molar-refractivity contribution in [2.45, 2.75) is 17.9 Å². The maximum atomic E-state index is 11.5. The Hall–Kier alpha value is -1.26. The molecule has 0 unspecified atom stereocenters. The normalized spacial score (nSPS) is 11.8. The Bertz CT molecular complexity index is 879. The van der Waals surface area contributed by atoms with Gasteiger partial charge in [-0.1, -0.05) is 23.7 Å². The first-order chi connectivity index (χ1) is 12.2. The first-order valence-corrected chi connectivity index (χ1v) is 10.5. The Labute approximate surface area is 183 Å². The molecule has 1 heterocycles. The van der Waals surface area contributed by atoms with Gasteiger partial charge in [0.05, 0.1) is 16.5 Å². The number of nitrogens with one attached hydrogen (secondary N) is 1. The summed E-state index contributed by atoms with van der Waals surface area (Å²) in [6, 6.07) is 8.91. The monoisotopic (exact) mass is 524 g/mol. The topological polar surface area (TPSA) is 66.7 Å². The number of aryl methyl sites for hydroxylation is 1. The number of guanidine groups is 1. The number of hydrogen-bond donors (Lipinski definition) is 1. The molecular formula is C18H26ClIN4O2S. The molecule has 9 heteroatoms. The van der Waals surface area contributed by atoms with Crippen LogP contribution in [0.5, 0.6) is 0 Å². The van der Waals surface area contributed by atoms with E-state index < -0.39 is 9.84 Å². The number of rotatable bonds is 6.